The van der Waals surface area contributed by atoms with Crippen LogP contribution in [0.3, 0.4) is 0 Å². The molecule has 122 valence electrons. The maximum Gasteiger partial charge on any atom is 0.279 e. The van der Waals surface area contributed by atoms with Gasteiger partial charge in [-0.3, -0.25) is 4.79 Å². The van der Waals surface area contributed by atoms with Gasteiger partial charge in [0.05, 0.1) is 10.2 Å². The average Bonchev–Trinajstić information content (AvgIpc) is 3.18. The van der Waals surface area contributed by atoms with Gasteiger partial charge in [0.1, 0.15) is 0 Å². The lowest BCUT2D eigenvalue weighted by Gasteiger charge is -1.99. The van der Waals surface area contributed by atoms with Crippen LogP contribution in [-0.2, 0) is 7.05 Å². The molecule has 24 heavy (non-hydrogen) atoms. The van der Waals surface area contributed by atoms with Crippen LogP contribution in [0.2, 0.25) is 0 Å². The van der Waals surface area contributed by atoms with Crippen molar-refractivity contribution in [2.45, 2.75) is 4.90 Å². The minimum absolute atomic E-state index is 0.188. The predicted octanol–water partition coefficient (Wildman–Crippen LogP) is 3.43. The van der Waals surface area contributed by atoms with E-state index in [1.54, 1.807) is 30.0 Å². The Morgan fingerprint density at radius 1 is 1.21 bits per heavy atom. The van der Waals surface area contributed by atoms with Gasteiger partial charge in [0.15, 0.2) is 16.3 Å². The molecule has 0 atom stereocenters. The van der Waals surface area contributed by atoms with Gasteiger partial charge in [-0.15, -0.1) is 11.8 Å². The summed E-state index contributed by atoms with van der Waals surface area (Å²) in [6.07, 6.45) is 2.04. The van der Waals surface area contributed by atoms with Crippen LogP contribution in [0.5, 0.6) is 11.5 Å². The minimum Gasteiger partial charge on any atom is -0.454 e. The van der Waals surface area contributed by atoms with Crippen molar-refractivity contribution in [3.63, 3.8) is 0 Å². The van der Waals surface area contributed by atoms with E-state index in [1.807, 2.05) is 17.9 Å². The molecular weight excluding hydrogens is 344 g/mol. The second kappa shape index (κ2) is 5.99. The molecule has 0 radical (unpaired) electrons. The van der Waals surface area contributed by atoms with Crippen LogP contribution in [-0.4, -0.2) is 23.5 Å². The molecule has 1 aliphatic rings. The molecule has 0 saturated carbocycles. The van der Waals surface area contributed by atoms with Crippen LogP contribution in [0.25, 0.3) is 10.2 Å². The fraction of sp³-hybridized carbons (Fsp3) is 0.176. The van der Waals surface area contributed by atoms with Gasteiger partial charge in [0.2, 0.25) is 6.79 Å². The van der Waals surface area contributed by atoms with Crippen molar-refractivity contribution < 1.29 is 14.3 Å². The van der Waals surface area contributed by atoms with Crippen LogP contribution >= 0.6 is 23.1 Å². The second-order valence-electron chi connectivity index (χ2n) is 5.26. The van der Waals surface area contributed by atoms with Crippen molar-refractivity contribution in [1.82, 2.24) is 4.57 Å². The topological polar surface area (TPSA) is 52.8 Å². The SMILES string of the molecule is CSc1ccc2c(c1)sc(=NC(=O)c1ccc3c(c1)OCO3)n2C. The number of hydrogen-bond donors (Lipinski definition) is 0. The maximum absolute atomic E-state index is 12.5. The zero-order valence-corrected chi connectivity index (χ0v) is 14.7. The van der Waals surface area contributed by atoms with Gasteiger partial charge in [-0.25, -0.2) is 0 Å². The highest BCUT2D eigenvalue weighted by molar-refractivity contribution is 7.98. The van der Waals surface area contributed by atoms with Crippen molar-refractivity contribution >= 4 is 39.2 Å². The Kier molecular flexibility index (Phi) is 3.82. The van der Waals surface area contributed by atoms with Crippen LogP contribution in [0, 0.1) is 0 Å². The lowest BCUT2D eigenvalue weighted by atomic mass is 10.2. The number of ether oxygens (including phenoxy) is 2. The van der Waals surface area contributed by atoms with Gasteiger partial charge in [-0.05, 0) is 42.7 Å². The number of benzene rings is 2. The number of aryl methyl sites for hydroxylation is 1. The van der Waals surface area contributed by atoms with E-state index in [1.165, 1.54) is 16.2 Å². The zero-order chi connectivity index (χ0) is 16.7. The molecule has 2 aromatic carbocycles. The summed E-state index contributed by atoms with van der Waals surface area (Å²) in [5.74, 6) is 0.950. The Balaban J connectivity index is 1.76. The largest absolute Gasteiger partial charge is 0.454 e. The molecule has 0 fully saturated rings. The third-order valence-electron chi connectivity index (χ3n) is 3.83. The number of rotatable bonds is 2. The number of carbonyl (C=O) groups is 1. The first kappa shape index (κ1) is 15.3. The third kappa shape index (κ3) is 2.59. The van der Waals surface area contributed by atoms with Gasteiger partial charge in [0.25, 0.3) is 5.91 Å². The van der Waals surface area contributed by atoms with Crippen molar-refractivity contribution in [2.24, 2.45) is 12.0 Å². The van der Waals surface area contributed by atoms with Gasteiger partial charge in [-0.2, -0.15) is 4.99 Å². The molecule has 7 heteroatoms. The Morgan fingerprint density at radius 2 is 2.04 bits per heavy atom. The molecule has 1 aromatic heterocycles. The van der Waals surface area contributed by atoms with E-state index in [4.69, 9.17) is 9.47 Å². The van der Waals surface area contributed by atoms with Crippen molar-refractivity contribution in [3.8, 4) is 11.5 Å². The van der Waals surface area contributed by atoms with Gasteiger partial charge in [-0.1, -0.05) is 11.3 Å². The monoisotopic (exact) mass is 358 g/mol. The molecule has 0 spiro atoms. The minimum atomic E-state index is -0.291. The smallest absolute Gasteiger partial charge is 0.279 e. The van der Waals surface area contributed by atoms with Crippen molar-refractivity contribution in [2.75, 3.05) is 13.0 Å². The van der Waals surface area contributed by atoms with E-state index >= 15 is 0 Å². The second-order valence-corrected chi connectivity index (χ2v) is 7.15. The molecule has 3 aromatic rings. The summed E-state index contributed by atoms with van der Waals surface area (Å²) >= 11 is 3.20. The summed E-state index contributed by atoms with van der Waals surface area (Å²) in [7, 11) is 1.92. The van der Waals surface area contributed by atoms with E-state index in [9.17, 15) is 4.79 Å². The molecular formula is C17H14N2O3S2. The summed E-state index contributed by atoms with van der Waals surface area (Å²) in [5, 5.41) is 0. The normalized spacial score (nSPS) is 13.7. The maximum atomic E-state index is 12.5. The zero-order valence-electron chi connectivity index (χ0n) is 13.1. The number of aromatic nitrogens is 1. The molecule has 1 aliphatic heterocycles. The first-order valence-electron chi connectivity index (χ1n) is 7.28. The van der Waals surface area contributed by atoms with Gasteiger partial charge < -0.3 is 14.0 Å². The number of carbonyl (C=O) groups excluding carboxylic acids is 1. The Labute approximate surface area is 146 Å². The summed E-state index contributed by atoms with van der Waals surface area (Å²) in [6.45, 7) is 0.188. The Bertz CT molecular complexity index is 1020. The van der Waals surface area contributed by atoms with E-state index in [0.29, 0.717) is 21.9 Å². The number of nitrogens with zero attached hydrogens (tertiary/aromatic N) is 2. The fourth-order valence-corrected chi connectivity index (χ4v) is 4.10. The first-order chi connectivity index (χ1) is 11.7. The first-order valence-corrected chi connectivity index (χ1v) is 9.32. The average molecular weight is 358 g/mol. The Morgan fingerprint density at radius 3 is 2.88 bits per heavy atom. The van der Waals surface area contributed by atoms with Crippen LogP contribution in [0.15, 0.2) is 46.3 Å². The molecule has 2 heterocycles. The van der Waals surface area contributed by atoms with E-state index in [0.717, 1.165) is 10.2 Å². The van der Waals surface area contributed by atoms with Crippen molar-refractivity contribution in [1.29, 1.82) is 0 Å². The molecule has 0 saturated heterocycles. The van der Waals surface area contributed by atoms with E-state index in [2.05, 4.69) is 23.2 Å². The lowest BCUT2D eigenvalue weighted by Crippen LogP contribution is -2.13. The Hall–Kier alpha value is -2.25. The fourth-order valence-electron chi connectivity index (χ4n) is 2.53. The number of fused-ring (bicyclic) bond motifs is 2. The lowest BCUT2D eigenvalue weighted by molar-refractivity contribution is 0.0997. The highest BCUT2D eigenvalue weighted by atomic mass is 32.2. The number of thioether (sulfide) groups is 1. The van der Waals surface area contributed by atoms with Crippen LogP contribution in [0.4, 0.5) is 0 Å². The number of thiazole rings is 1. The standard InChI is InChI=1S/C17H14N2O3S2/c1-19-12-5-4-11(23-2)8-15(12)24-17(19)18-16(20)10-3-6-13-14(7-10)22-9-21-13/h3-8H,9H2,1-2H3. The molecule has 0 aliphatic carbocycles. The summed E-state index contributed by atoms with van der Waals surface area (Å²) in [5.41, 5.74) is 1.55. The highest BCUT2D eigenvalue weighted by Crippen LogP contribution is 2.32. The molecule has 5 nitrogen and oxygen atoms in total. The summed E-state index contributed by atoms with van der Waals surface area (Å²) in [4.78, 5) is 18.6. The molecule has 0 unspecified atom stereocenters. The highest BCUT2D eigenvalue weighted by Gasteiger charge is 2.16. The van der Waals surface area contributed by atoms with Gasteiger partial charge >= 0.3 is 0 Å². The van der Waals surface area contributed by atoms with Gasteiger partial charge in [0, 0.05) is 17.5 Å². The molecule has 1 amide bonds. The predicted molar refractivity (Wildman–Crippen MR) is 95.0 cm³/mol. The summed E-state index contributed by atoms with van der Waals surface area (Å²) in [6, 6.07) is 11.4. The van der Waals surface area contributed by atoms with E-state index in [-0.39, 0.29) is 12.7 Å². The van der Waals surface area contributed by atoms with Crippen molar-refractivity contribution in [3.05, 3.63) is 46.8 Å². The van der Waals surface area contributed by atoms with E-state index < -0.39 is 0 Å². The molecule has 0 bridgehead atoms. The number of amides is 1. The third-order valence-corrected chi connectivity index (χ3v) is 5.65. The molecule has 4 rings (SSSR count). The van der Waals surface area contributed by atoms with Crippen LogP contribution < -0.4 is 14.3 Å². The summed E-state index contributed by atoms with van der Waals surface area (Å²) < 4.78 is 13.6. The number of hydrogen-bond acceptors (Lipinski definition) is 5. The molecule has 0 N–H and O–H groups in total. The quantitative estimate of drug-likeness (QED) is 0.659. The van der Waals surface area contributed by atoms with Crippen LogP contribution in [0.1, 0.15) is 10.4 Å².